The third-order valence-corrected chi connectivity index (χ3v) is 3.31. The molecule has 0 heterocycles. The van der Waals surface area contributed by atoms with E-state index >= 15 is 0 Å². The molecule has 106 valence electrons. The van der Waals surface area contributed by atoms with Crippen LogP contribution >= 0.6 is 0 Å². The number of hydrogen-bond donors (Lipinski definition) is 2. The maximum atomic E-state index is 5.75. The van der Waals surface area contributed by atoms with Crippen molar-refractivity contribution in [1.82, 2.24) is 5.43 Å². The van der Waals surface area contributed by atoms with Crippen LogP contribution in [0, 0.1) is 0 Å². The van der Waals surface area contributed by atoms with Crippen LogP contribution in [0.3, 0.4) is 0 Å². The number of nitrogens with two attached hydrogens (primary N) is 1. The number of hydrazine groups is 1. The van der Waals surface area contributed by atoms with Gasteiger partial charge in [0.25, 0.3) is 0 Å². The van der Waals surface area contributed by atoms with Crippen LogP contribution in [0.2, 0.25) is 0 Å². The summed E-state index contributed by atoms with van der Waals surface area (Å²) >= 11 is 0. The molecule has 0 bridgehead atoms. The van der Waals surface area contributed by atoms with Gasteiger partial charge in [0.2, 0.25) is 0 Å². The quantitative estimate of drug-likeness (QED) is 0.647. The largest absolute Gasteiger partial charge is 0.497 e. The topological polar surface area (TPSA) is 50.5 Å². The first-order valence-electron chi connectivity index (χ1n) is 6.53. The van der Waals surface area contributed by atoms with E-state index in [2.05, 4.69) is 28.5 Å². The van der Waals surface area contributed by atoms with Gasteiger partial charge in [-0.15, -0.1) is 0 Å². The monoisotopic (exact) mass is 271 g/mol. The predicted octanol–water partition coefficient (Wildman–Crippen LogP) is 2.31. The van der Waals surface area contributed by atoms with E-state index in [1.54, 1.807) is 7.11 Å². The molecule has 4 nitrogen and oxygen atoms in total. The van der Waals surface area contributed by atoms with Gasteiger partial charge >= 0.3 is 0 Å². The van der Waals surface area contributed by atoms with Gasteiger partial charge < -0.3 is 9.64 Å². The molecule has 0 saturated carbocycles. The van der Waals surface area contributed by atoms with Crippen molar-refractivity contribution in [1.29, 1.82) is 0 Å². The number of rotatable bonds is 5. The second kappa shape index (κ2) is 6.41. The van der Waals surface area contributed by atoms with E-state index in [0.29, 0.717) is 0 Å². The first kappa shape index (κ1) is 14.4. The lowest BCUT2D eigenvalue weighted by molar-refractivity contribution is 0.413. The molecule has 2 aromatic carbocycles. The van der Waals surface area contributed by atoms with E-state index in [1.807, 2.05) is 44.4 Å². The second-order valence-electron chi connectivity index (χ2n) is 4.87. The maximum Gasteiger partial charge on any atom is 0.119 e. The van der Waals surface area contributed by atoms with Gasteiger partial charge in [-0.2, -0.15) is 0 Å². The van der Waals surface area contributed by atoms with Crippen molar-refractivity contribution in [2.45, 2.75) is 6.04 Å². The summed E-state index contributed by atoms with van der Waals surface area (Å²) in [6, 6.07) is 16.2. The van der Waals surface area contributed by atoms with Gasteiger partial charge in [0.15, 0.2) is 0 Å². The van der Waals surface area contributed by atoms with Crippen LogP contribution in [0.25, 0.3) is 0 Å². The lowest BCUT2D eigenvalue weighted by Gasteiger charge is -2.20. The van der Waals surface area contributed by atoms with Crippen LogP contribution in [0.1, 0.15) is 17.2 Å². The minimum Gasteiger partial charge on any atom is -0.497 e. The van der Waals surface area contributed by atoms with Crippen molar-refractivity contribution in [3.05, 3.63) is 59.7 Å². The Hall–Kier alpha value is -2.04. The molecule has 1 atom stereocenters. The number of hydrogen-bond acceptors (Lipinski definition) is 4. The molecular formula is C16H21N3O. The van der Waals surface area contributed by atoms with Crippen molar-refractivity contribution in [3.8, 4) is 5.75 Å². The number of methoxy groups -OCH3 is 1. The summed E-state index contributed by atoms with van der Waals surface area (Å²) in [6.45, 7) is 0. The van der Waals surface area contributed by atoms with Gasteiger partial charge in [-0.1, -0.05) is 24.3 Å². The Morgan fingerprint density at radius 3 is 2.30 bits per heavy atom. The summed E-state index contributed by atoms with van der Waals surface area (Å²) in [7, 11) is 5.71. The Kier molecular flexibility index (Phi) is 4.61. The molecule has 0 aliphatic rings. The van der Waals surface area contributed by atoms with E-state index in [0.717, 1.165) is 22.6 Å². The molecule has 0 aliphatic heterocycles. The number of nitrogens with zero attached hydrogens (tertiary/aromatic N) is 1. The molecule has 1 unspecified atom stereocenters. The molecule has 0 saturated heterocycles. The van der Waals surface area contributed by atoms with Gasteiger partial charge in [-0.05, 0) is 35.4 Å². The average Bonchev–Trinajstić information content (AvgIpc) is 2.48. The first-order chi connectivity index (χ1) is 9.65. The zero-order valence-electron chi connectivity index (χ0n) is 12.1. The SMILES string of the molecule is COc1cccc(C(NN)c2cccc(N(C)C)c2)c1. The molecule has 2 rings (SSSR count). The number of anilines is 1. The Morgan fingerprint density at radius 1 is 1.05 bits per heavy atom. The van der Waals surface area contributed by atoms with Gasteiger partial charge in [0.1, 0.15) is 5.75 Å². The molecule has 20 heavy (non-hydrogen) atoms. The fraction of sp³-hybridized carbons (Fsp3) is 0.250. The fourth-order valence-electron chi connectivity index (χ4n) is 2.19. The standard InChI is InChI=1S/C16H21N3O/c1-19(2)14-8-4-6-12(10-14)16(18-17)13-7-5-9-15(11-13)20-3/h4-11,16,18H,17H2,1-3H3. The molecule has 0 radical (unpaired) electrons. The van der Waals surface area contributed by atoms with Gasteiger partial charge in [-0.3, -0.25) is 5.84 Å². The average molecular weight is 271 g/mol. The van der Waals surface area contributed by atoms with E-state index in [-0.39, 0.29) is 6.04 Å². The predicted molar refractivity (Wildman–Crippen MR) is 82.9 cm³/mol. The summed E-state index contributed by atoms with van der Waals surface area (Å²) in [6.07, 6.45) is 0. The van der Waals surface area contributed by atoms with Crippen molar-refractivity contribution in [2.24, 2.45) is 5.84 Å². The fourth-order valence-corrected chi connectivity index (χ4v) is 2.19. The normalized spacial score (nSPS) is 12.0. The third-order valence-electron chi connectivity index (χ3n) is 3.31. The molecule has 4 heteroatoms. The van der Waals surface area contributed by atoms with Crippen LogP contribution in [-0.2, 0) is 0 Å². The molecule has 0 amide bonds. The van der Waals surface area contributed by atoms with E-state index in [4.69, 9.17) is 10.6 Å². The molecule has 0 spiro atoms. The molecule has 0 aliphatic carbocycles. The van der Waals surface area contributed by atoms with Crippen LogP contribution in [0.4, 0.5) is 5.69 Å². The molecule has 3 N–H and O–H groups in total. The number of ether oxygens (including phenoxy) is 1. The lowest BCUT2D eigenvalue weighted by Crippen LogP contribution is -2.29. The van der Waals surface area contributed by atoms with Gasteiger partial charge in [0, 0.05) is 19.8 Å². The summed E-state index contributed by atoms with van der Waals surface area (Å²) in [5, 5.41) is 0. The van der Waals surface area contributed by atoms with Crippen molar-refractivity contribution in [2.75, 3.05) is 26.1 Å². The molecule has 2 aromatic rings. The van der Waals surface area contributed by atoms with Gasteiger partial charge in [-0.25, -0.2) is 5.43 Å². The van der Waals surface area contributed by atoms with E-state index in [1.165, 1.54) is 0 Å². The van der Waals surface area contributed by atoms with Crippen LogP contribution in [0.15, 0.2) is 48.5 Å². The van der Waals surface area contributed by atoms with Crippen LogP contribution in [-0.4, -0.2) is 21.2 Å². The minimum absolute atomic E-state index is 0.0648. The van der Waals surface area contributed by atoms with Gasteiger partial charge in [0.05, 0.1) is 13.2 Å². The Bertz CT molecular complexity index is 569. The van der Waals surface area contributed by atoms with E-state index < -0.39 is 0 Å². The highest BCUT2D eigenvalue weighted by Gasteiger charge is 2.13. The minimum atomic E-state index is -0.0648. The summed E-state index contributed by atoms with van der Waals surface area (Å²) in [4.78, 5) is 2.07. The van der Waals surface area contributed by atoms with Crippen LogP contribution in [0.5, 0.6) is 5.75 Å². The highest BCUT2D eigenvalue weighted by atomic mass is 16.5. The van der Waals surface area contributed by atoms with Crippen LogP contribution < -0.4 is 20.9 Å². The summed E-state index contributed by atoms with van der Waals surface area (Å²) in [5.74, 6) is 6.58. The second-order valence-corrected chi connectivity index (χ2v) is 4.87. The Morgan fingerprint density at radius 2 is 1.70 bits per heavy atom. The maximum absolute atomic E-state index is 5.75. The number of nitrogens with one attached hydrogen (secondary N) is 1. The van der Waals surface area contributed by atoms with E-state index in [9.17, 15) is 0 Å². The lowest BCUT2D eigenvalue weighted by atomic mass is 9.98. The zero-order valence-corrected chi connectivity index (χ0v) is 12.1. The Labute approximate surface area is 120 Å². The number of benzene rings is 2. The summed E-state index contributed by atoms with van der Waals surface area (Å²) in [5.41, 5.74) is 6.21. The Balaban J connectivity index is 2.38. The molecular weight excluding hydrogens is 250 g/mol. The first-order valence-corrected chi connectivity index (χ1v) is 6.53. The van der Waals surface area contributed by atoms with Crippen molar-refractivity contribution < 1.29 is 4.74 Å². The zero-order chi connectivity index (χ0) is 14.5. The highest BCUT2D eigenvalue weighted by molar-refractivity contribution is 5.49. The summed E-state index contributed by atoms with van der Waals surface area (Å²) < 4.78 is 5.27. The molecule has 0 aromatic heterocycles. The molecule has 0 fully saturated rings. The van der Waals surface area contributed by atoms with Crippen molar-refractivity contribution >= 4 is 5.69 Å². The highest BCUT2D eigenvalue weighted by Crippen LogP contribution is 2.26. The smallest absolute Gasteiger partial charge is 0.119 e. The van der Waals surface area contributed by atoms with Crippen molar-refractivity contribution in [3.63, 3.8) is 0 Å². The third kappa shape index (κ3) is 3.10.